The molecule has 10 nitrogen and oxygen atoms in total. The third-order valence-corrected chi connectivity index (χ3v) is 9.92. The van der Waals surface area contributed by atoms with Gasteiger partial charge in [0.2, 0.25) is 0 Å². The van der Waals surface area contributed by atoms with Crippen molar-refractivity contribution in [1.82, 2.24) is 0 Å². The van der Waals surface area contributed by atoms with Gasteiger partial charge >= 0.3 is 0 Å². The topological polar surface area (TPSA) is 114 Å². The van der Waals surface area contributed by atoms with Crippen LogP contribution in [0, 0.1) is 0 Å². The molecule has 0 radical (unpaired) electrons. The molecule has 10 heteroatoms. The minimum atomic E-state index is 0.0392. The first-order valence-electron chi connectivity index (χ1n) is 17.2. The second-order valence-electron chi connectivity index (χ2n) is 12.9. The van der Waals surface area contributed by atoms with E-state index in [1.165, 1.54) is 0 Å². The molecular weight excluding hydrogens is 676 g/mol. The molecule has 5 aromatic rings. The lowest BCUT2D eigenvalue weighted by molar-refractivity contribution is 0.389. The molecule has 0 fully saturated rings. The molecule has 5 aromatic carbocycles. The first-order valence-corrected chi connectivity index (χ1v) is 17.2. The highest BCUT2D eigenvalue weighted by Gasteiger charge is 2.22. The molecule has 0 aromatic heterocycles. The van der Waals surface area contributed by atoms with E-state index in [0.29, 0.717) is 76.4 Å². The van der Waals surface area contributed by atoms with Gasteiger partial charge in [-0.15, -0.1) is 0 Å². The van der Waals surface area contributed by atoms with E-state index >= 15 is 0 Å². The van der Waals surface area contributed by atoms with Crippen LogP contribution in [0.3, 0.4) is 0 Å². The highest BCUT2D eigenvalue weighted by molar-refractivity contribution is 5.59. The van der Waals surface area contributed by atoms with Crippen molar-refractivity contribution in [2.75, 3.05) is 56.9 Å². The summed E-state index contributed by atoms with van der Waals surface area (Å²) >= 11 is 0. The van der Waals surface area contributed by atoms with E-state index in [4.69, 9.17) is 37.9 Å². The van der Waals surface area contributed by atoms with Crippen molar-refractivity contribution < 1.29 is 48.1 Å². The summed E-state index contributed by atoms with van der Waals surface area (Å²) in [4.78, 5) is 0. The van der Waals surface area contributed by atoms with E-state index in [-0.39, 0.29) is 24.3 Å². The van der Waals surface area contributed by atoms with Crippen LogP contribution in [0.15, 0.2) is 60.7 Å². The predicted octanol–water partition coefficient (Wildman–Crippen LogP) is 7.43. The quantitative estimate of drug-likeness (QED) is 0.154. The predicted molar refractivity (Wildman–Crippen MR) is 202 cm³/mol. The van der Waals surface area contributed by atoms with Crippen molar-refractivity contribution in [2.24, 2.45) is 0 Å². The average molecular weight is 723 g/mol. The van der Waals surface area contributed by atoms with Crippen LogP contribution in [0.1, 0.15) is 55.6 Å². The minimum Gasteiger partial charge on any atom is -0.508 e. The second-order valence-corrected chi connectivity index (χ2v) is 12.9. The fourth-order valence-corrected chi connectivity index (χ4v) is 7.17. The SMILES string of the molecule is COc1cc2c(OC)cc1Cc1cc(O)c(cc1O)Cc1cc(OC)c(cc1OC)Cc1cc(OC)c(cc1OC)Cc1cc(OC)c(cc1OC)C2. The number of hydrogen-bond donors (Lipinski definition) is 2. The van der Waals surface area contributed by atoms with Crippen molar-refractivity contribution in [3.8, 4) is 57.5 Å². The van der Waals surface area contributed by atoms with Gasteiger partial charge in [0, 0.05) is 87.7 Å². The molecule has 0 amide bonds. The molecule has 278 valence electrons. The lowest BCUT2D eigenvalue weighted by Crippen LogP contribution is -2.04. The minimum absolute atomic E-state index is 0.0392. The number of ether oxygens (including phenoxy) is 8. The summed E-state index contributed by atoms with van der Waals surface area (Å²) in [7, 11) is 13.0. The molecule has 0 aliphatic heterocycles. The van der Waals surface area contributed by atoms with Gasteiger partial charge in [0.25, 0.3) is 0 Å². The Morgan fingerprint density at radius 3 is 0.566 bits per heavy atom. The third-order valence-electron chi connectivity index (χ3n) is 9.92. The number of rotatable bonds is 8. The number of phenolic OH excluding ortho intramolecular Hbond substituents is 2. The maximum Gasteiger partial charge on any atom is 0.122 e. The summed E-state index contributed by atoms with van der Waals surface area (Å²) in [5.41, 5.74) is 7.93. The van der Waals surface area contributed by atoms with Crippen LogP contribution in [0.5, 0.6) is 57.5 Å². The number of methoxy groups -OCH3 is 8. The first-order chi connectivity index (χ1) is 25.7. The van der Waals surface area contributed by atoms with Gasteiger partial charge in [0.05, 0.1) is 56.9 Å². The number of aromatic hydroxyl groups is 2. The zero-order valence-electron chi connectivity index (χ0n) is 31.5. The molecule has 0 atom stereocenters. The normalized spacial score (nSPS) is 12.3. The van der Waals surface area contributed by atoms with E-state index in [9.17, 15) is 10.2 Å². The highest BCUT2D eigenvalue weighted by Crippen LogP contribution is 2.42. The number of benzene rings is 5. The first kappa shape index (κ1) is 36.9. The molecule has 10 aliphatic carbocycles. The largest absolute Gasteiger partial charge is 0.508 e. The van der Waals surface area contributed by atoms with Crippen LogP contribution in [0.4, 0.5) is 0 Å². The molecular formula is C43H46O10. The highest BCUT2D eigenvalue weighted by atomic mass is 16.5. The lowest BCUT2D eigenvalue weighted by Gasteiger charge is -2.20. The van der Waals surface area contributed by atoms with Gasteiger partial charge in [0.15, 0.2) is 0 Å². The van der Waals surface area contributed by atoms with Crippen molar-refractivity contribution in [3.63, 3.8) is 0 Å². The Bertz CT molecular complexity index is 1990. The monoisotopic (exact) mass is 722 g/mol. The van der Waals surface area contributed by atoms with Crippen LogP contribution < -0.4 is 37.9 Å². The van der Waals surface area contributed by atoms with Crippen molar-refractivity contribution >= 4 is 0 Å². The summed E-state index contributed by atoms with van der Waals surface area (Å²) in [6.45, 7) is 0. The van der Waals surface area contributed by atoms with Crippen molar-refractivity contribution in [2.45, 2.75) is 32.1 Å². The Labute approximate surface area is 310 Å². The molecule has 10 bridgehead atoms. The summed E-state index contributed by atoms with van der Waals surface area (Å²) in [6.07, 6.45) is 1.96. The zero-order valence-corrected chi connectivity index (χ0v) is 31.5. The molecule has 53 heavy (non-hydrogen) atoms. The van der Waals surface area contributed by atoms with Crippen LogP contribution in [0.2, 0.25) is 0 Å². The van der Waals surface area contributed by atoms with Crippen LogP contribution in [0.25, 0.3) is 0 Å². The van der Waals surface area contributed by atoms with E-state index < -0.39 is 0 Å². The van der Waals surface area contributed by atoms with E-state index in [2.05, 4.69) is 0 Å². The van der Waals surface area contributed by atoms with Gasteiger partial charge < -0.3 is 48.1 Å². The fraction of sp³-hybridized carbons (Fsp3) is 0.302. The molecule has 0 saturated heterocycles. The zero-order chi connectivity index (χ0) is 37.8. The maximum absolute atomic E-state index is 11.3. The van der Waals surface area contributed by atoms with E-state index in [0.717, 1.165) is 44.5 Å². The van der Waals surface area contributed by atoms with Crippen LogP contribution >= 0.6 is 0 Å². The maximum atomic E-state index is 11.3. The van der Waals surface area contributed by atoms with Gasteiger partial charge in [-0.3, -0.25) is 0 Å². The smallest absolute Gasteiger partial charge is 0.122 e. The van der Waals surface area contributed by atoms with Gasteiger partial charge in [0.1, 0.15) is 57.5 Å². The average Bonchev–Trinajstić information content (AvgIpc) is 3.17. The van der Waals surface area contributed by atoms with Gasteiger partial charge in [-0.25, -0.2) is 0 Å². The number of hydrogen-bond acceptors (Lipinski definition) is 10. The lowest BCUT2D eigenvalue weighted by atomic mass is 9.94. The Balaban J connectivity index is 1.58. The summed E-state index contributed by atoms with van der Waals surface area (Å²) < 4.78 is 47.2. The van der Waals surface area contributed by atoms with Crippen molar-refractivity contribution in [3.05, 3.63) is 116 Å². The van der Waals surface area contributed by atoms with E-state index in [1.54, 1.807) is 69.0 Å². The standard InChI is InChI=1S/C43H46O10/c1-46-36-18-28-11-30-20-42(52-7)32(22-40(30)50-5)13-33-23-41(51-6)31(21-43(33)53-8)12-29-19-37(47-2)27(17-39(29)49-4)10-25-15-34(44)24(14-35(25)45)9-26(36)16-38(28)48-3/h14-23,44-45H,9-13H2,1-8H3. The molecule has 0 heterocycles. The molecule has 2 N–H and O–H groups in total. The van der Waals surface area contributed by atoms with Crippen LogP contribution in [-0.2, 0) is 32.1 Å². The fourth-order valence-electron chi connectivity index (χ4n) is 7.17. The molecule has 15 rings (SSSR count). The molecule has 0 saturated carbocycles. The second kappa shape index (κ2) is 15.8. The summed E-state index contributed by atoms with van der Waals surface area (Å²) in [5.74, 6) is 5.32. The molecule has 0 spiro atoms. The Morgan fingerprint density at radius 2 is 0.415 bits per heavy atom. The van der Waals surface area contributed by atoms with Gasteiger partial charge in [-0.2, -0.15) is 0 Å². The third kappa shape index (κ3) is 7.40. The van der Waals surface area contributed by atoms with Crippen molar-refractivity contribution in [1.29, 1.82) is 0 Å². The summed E-state index contributed by atoms with van der Waals surface area (Å²) in [5, 5.41) is 22.5. The Kier molecular flexibility index (Phi) is 11.0. The Hall–Kier alpha value is -5.90. The Morgan fingerprint density at radius 1 is 0.264 bits per heavy atom. The molecule has 0 unspecified atom stereocenters. The van der Waals surface area contributed by atoms with Gasteiger partial charge in [-0.05, 0) is 60.7 Å². The van der Waals surface area contributed by atoms with E-state index in [1.807, 2.05) is 48.5 Å². The molecule has 10 aliphatic rings. The van der Waals surface area contributed by atoms with Crippen LogP contribution in [-0.4, -0.2) is 67.1 Å². The summed E-state index contributed by atoms with van der Waals surface area (Å²) in [6, 6.07) is 18.8. The van der Waals surface area contributed by atoms with Gasteiger partial charge in [-0.1, -0.05) is 0 Å². The number of phenols is 2.